The lowest BCUT2D eigenvalue weighted by Gasteiger charge is -2.04. The fourth-order valence-corrected chi connectivity index (χ4v) is 1.89. The molecule has 0 unspecified atom stereocenters. The summed E-state index contributed by atoms with van der Waals surface area (Å²) in [6.07, 6.45) is 2.94. The van der Waals surface area contributed by atoms with Crippen LogP contribution in [0.15, 0.2) is 24.5 Å². The number of hydrogen-bond donors (Lipinski definition) is 2. The Balaban J connectivity index is 2.11. The van der Waals surface area contributed by atoms with Crippen LogP contribution in [0.4, 0.5) is 5.69 Å². The lowest BCUT2D eigenvalue weighted by molar-refractivity contribution is -0.118. The highest BCUT2D eigenvalue weighted by Gasteiger charge is 2.10. The molecule has 0 atom stereocenters. The molecule has 7 nitrogen and oxygen atoms in total. The molecule has 0 saturated carbocycles. The second-order valence-corrected chi connectivity index (χ2v) is 4.55. The second-order valence-electron chi connectivity index (χ2n) is 4.17. The highest BCUT2D eigenvalue weighted by atomic mass is 35.5. The first-order valence-corrected chi connectivity index (χ1v) is 6.08. The molecule has 104 valence electrons. The largest absolute Gasteiger partial charge is 0.368 e. The van der Waals surface area contributed by atoms with Gasteiger partial charge in [0.1, 0.15) is 11.7 Å². The molecule has 2 aromatic heterocycles. The highest BCUT2D eigenvalue weighted by Crippen LogP contribution is 2.13. The van der Waals surface area contributed by atoms with E-state index >= 15 is 0 Å². The topological polar surface area (TPSA) is 103 Å². The average molecular weight is 294 g/mol. The van der Waals surface area contributed by atoms with E-state index in [1.165, 1.54) is 23.1 Å². The number of nitrogens with one attached hydrogen (secondary N) is 1. The third-order valence-electron chi connectivity index (χ3n) is 2.39. The van der Waals surface area contributed by atoms with Crippen LogP contribution in [0.1, 0.15) is 16.1 Å². The van der Waals surface area contributed by atoms with Crippen molar-refractivity contribution in [2.45, 2.75) is 13.5 Å². The SMILES string of the molecule is Cc1cc(C(=O)Nc2cnn(CC(N)=O)c2)cc(Cl)n1. The van der Waals surface area contributed by atoms with Gasteiger partial charge in [-0.1, -0.05) is 11.6 Å². The highest BCUT2D eigenvalue weighted by molar-refractivity contribution is 6.29. The number of nitrogens with two attached hydrogens (primary N) is 1. The van der Waals surface area contributed by atoms with Crippen molar-refractivity contribution < 1.29 is 9.59 Å². The summed E-state index contributed by atoms with van der Waals surface area (Å²) < 4.78 is 1.34. The lowest BCUT2D eigenvalue weighted by atomic mass is 10.2. The fraction of sp³-hybridized carbons (Fsp3) is 0.167. The minimum atomic E-state index is -0.512. The molecule has 0 bridgehead atoms. The molecular formula is C12H12ClN5O2. The van der Waals surface area contributed by atoms with E-state index in [1.54, 1.807) is 13.0 Å². The normalized spacial score (nSPS) is 10.3. The quantitative estimate of drug-likeness (QED) is 0.820. The third kappa shape index (κ3) is 3.55. The van der Waals surface area contributed by atoms with Gasteiger partial charge in [-0.2, -0.15) is 5.10 Å². The van der Waals surface area contributed by atoms with Crippen LogP contribution in [0.2, 0.25) is 5.15 Å². The zero-order chi connectivity index (χ0) is 14.7. The number of primary amides is 1. The van der Waals surface area contributed by atoms with E-state index in [0.29, 0.717) is 16.9 Å². The molecule has 2 heterocycles. The summed E-state index contributed by atoms with van der Waals surface area (Å²) in [4.78, 5) is 26.8. The summed E-state index contributed by atoms with van der Waals surface area (Å²) >= 11 is 5.80. The van der Waals surface area contributed by atoms with Gasteiger partial charge in [-0.25, -0.2) is 4.98 Å². The predicted molar refractivity (Wildman–Crippen MR) is 73.4 cm³/mol. The molecule has 0 aliphatic heterocycles. The molecule has 0 aliphatic rings. The van der Waals surface area contributed by atoms with Gasteiger partial charge in [0.25, 0.3) is 5.91 Å². The molecule has 0 fully saturated rings. The zero-order valence-electron chi connectivity index (χ0n) is 10.6. The summed E-state index contributed by atoms with van der Waals surface area (Å²) in [5.74, 6) is -0.849. The Labute approximate surface area is 119 Å². The van der Waals surface area contributed by atoms with Crippen LogP contribution in [0.5, 0.6) is 0 Å². The number of nitrogens with zero attached hydrogens (tertiary/aromatic N) is 3. The van der Waals surface area contributed by atoms with E-state index in [2.05, 4.69) is 15.4 Å². The van der Waals surface area contributed by atoms with E-state index in [9.17, 15) is 9.59 Å². The number of halogens is 1. The molecule has 0 aromatic carbocycles. The number of anilines is 1. The van der Waals surface area contributed by atoms with Gasteiger partial charge in [0.15, 0.2) is 0 Å². The lowest BCUT2D eigenvalue weighted by Crippen LogP contribution is -2.18. The van der Waals surface area contributed by atoms with Crippen LogP contribution in [0, 0.1) is 6.92 Å². The summed E-state index contributed by atoms with van der Waals surface area (Å²) in [5.41, 5.74) is 6.55. The Kier molecular flexibility index (Phi) is 3.99. The van der Waals surface area contributed by atoms with Gasteiger partial charge in [-0.3, -0.25) is 14.3 Å². The first-order valence-electron chi connectivity index (χ1n) is 5.70. The van der Waals surface area contributed by atoms with Crippen molar-refractivity contribution in [1.82, 2.24) is 14.8 Å². The molecule has 0 aliphatic carbocycles. The monoisotopic (exact) mass is 293 g/mol. The summed E-state index contributed by atoms with van der Waals surface area (Å²) in [6.45, 7) is 1.70. The first-order chi connectivity index (χ1) is 9.44. The van der Waals surface area contributed by atoms with Crippen LogP contribution < -0.4 is 11.1 Å². The number of hydrogen-bond acceptors (Lipinski definition) is 4. The van der Waals surface area contributed by atoms with Gasteiger partial charge in [0.05, 0.1) is 11.9 Å². The number of aryl methyl sites for hydroxylation is 1. The minimum absolute atomic E-state index is 0.0456. The molecule has 0 radical (unpaired) electrons. The molecule has 3 N–H and O–H groups in total. The number of carbonyl (C=O) groups excluding carboxylic acids is 2. The fourth-order valence-electron chi connectivity index (χ4n) is 1.64. The van der Waals surface area contributed by atoms with E-state index < -0.39 is 5.91 Å². The zero-order valence-corrected chi connectivity index (χ0v) is 11.4. The Morgan fingerprint density at radius 2 is 2.20 bits per heavy atom. The molecular weight excluding hydrogens is 282 g/mol. The molecule has 0 saturated heterocycles. The van der Waals surface area contributed by atoms with Crippen LogP contribution in [0.25, 0.3) is 0 Å². The van der Waals surface area contributed by atoms with Crippen LogP contribution in [-0.4, -0.2) is 26.6 Å². The molecule has 20 heavy (non-hydrogen) atoms. The Bertz CT molecular complexity index is 647. The maximum atomic E-state index is 12.0. The number of amides is 2. The van der Waals surface area contributed by atoms with E-state index in [4.69, 9.17) is 17.3 Å². The van der Waals surface area contributed by atoms with E-state index in [0.717, 1.165) is 0 Å². The first kappa shape index (κ1) is 14.0. The van der Waals surface area contributed by atoms with Crippen molar-refractivity contribution in [3.63, 3.8) is 0 Å². The molecule has 8 heteroatoms. The smallest absolute Gasteiger partial charge is 0.255 e. The van der Waals surface area contributed by atoms with Crippen molar-refractivity contribution in [2.75, 3.05) is 5.32 Å². The predicted octanol–water partition coefficient (Wildman–Crippen LogP) is 0.978. The van der Waals surface area contributed by atoms with E-state index in [1.807, 2.05) is 0 Å². The van der Waals surface area contributed by atoms with Crippen LogP contribution in [-0.2, 0) is 11.3 Å². The Morgan fingerprint density at radius 3 is 2.85 bits per heavy atom. The maximum Gasteiger partial charge on any atom is 0.255 e. The third-order valence-corrected chi connectivity index (χ3v) is 2.59. The molecule has 2 amide bonds. The van der Waals surface area contributed by atoms with Crippen molar-refractivity contribution in [3.05, 3.63) is 40.9 Å². The standard InChI is InChI=1S/C12H12ClN5O2/c1-7-2-8(3-10(13)16-7)12(20)17-9-4-15-18(5-9)6-11(14)19/h2-5H,6H2,1H3,(H2,14,19)(H,17,20). The Hall–Kier alpha value is -2.41. The number of carbonyl (C=O) groups is 2. The van der Waals surface area contributed by atoms with Crippen LogP contribution in [0.3, 0.4) is 0 Å². The number of pyridine rings is 1. The Morgan fingerprint density at radius 1 is 1.45 bits per heavy atom. The minimum Gasteiger partial charge on any atom is -0.368 e. The summed E-state index contributed by atoms with van der Waals surface area (Å²) in [6, 6.07) is 3.09. The van der Waals surface area contributed by atoms with Crippen molar-refractivity contribution in [2.24, 2.45) is 5.73 Å². The summed E-state index contributed by atoms with van der Waals surface area (Å²) in [7, 11) is 0. The molecule has 0 spiro atoms. The van der Waals surface area contributed by atoms with Gasteiger partial charge >= 0.3 is 0 Å². The van der Waals surface area contributed by atoms with Crippen molar-refractivity contribution >= 4 is 29.1 Å². The average Bonchev–Trinajstić information content (AvgIpc) is 2.74. The van der Waals surface area contributed by atoms with Crippen molar-refractivity contribution in [1.29, 1.82) is 0 Å². The van der Waals surface area contributed by atoms with Gasteiger partial charge in [0, 0.05) is 17.5 Å². The summed E-state index contributed by atoms with van der Waals surface area (Å²) in [5, 5.41) is 6.80. The number of rotatable bonds is 4. The number of aromatic nitrogens is 3. The van der Waals surface area contributed by atoms with Gasteiger partial charge in [0.2, 0.25) is 5.91 Å². The van der Waals surface area contributed by atoms with Crippen molar-refractivity contribution in [3.8, 4) is 0 Å². The molecule has 2 aromatic rings. The van der Waals surface area contributed by atoms with Gasteiger partial charge < -0.3 is 11.1 Å². The maximum absolute atomic E-state index is 12.0. The van der Waals surface area contributed by atoms with Crippen LogP contribution >= 0.6 is 11.6 Å². The second kappa shape index (κ2) is 5.70. The molecule has 2 rings (SSSR count). The van der Waals surface area contributed by atoms with Gasteiger partial charge in [-0.15, -0.1) is 0 Å². The van der Waals surface area contributed by atoms with Gasteiger partial charge in [-0.05, 0) is 19.1 Å². The van der Waals surface area contributed by atoms with E-state index in [-0.39, 0.29) is 17.6 Å².